The number of anilines is 1. The third-order valence-electron chi connectivity index (χ3n) is 5.99. The van der Waals surface area contributed by atoms with Gasteiger partial charge in [-0.25, -0.2) is 9.97 Å². The lowest BCUT2D eigenvalue weighted by Crippen LogP contribution is -2.25. The second kappa shape index (κ2) is 9.53. The number of benzene rings is 1. The first-order valence-corrected chi connectivity index (χ1v) is 11.5. The molecule has 0 amide bonds. The van der Waals surface area contributed by atoms with Gasteiger partial charge in [0.1, 0.15) is 17.0 Å². The van der Waals surface area contributed by atoms with Crippen LogP contribution in [0.25, 0.3) is 10.2 Å². The summed E-state index contributed by atoms with van der Waals surface area (Å²) in [6.07, 6.45) is 1.49. The summed E-state index contributed by atoms with van der Waals surface area (Å²) < 4.78 is 38.4. The van der Waals surface area contributed by atoms with Crippen molar-refractivity contribution in [3.63, 3.8) is 0 Å². The molecule has 0 bridgehead atoms. The van der Waals surface area contributed by atoms with E-state index in [4.69, 9.17) is 0 Å². The predicted octanol–water partition coefficient (Wildman–Crippen LogP) is 5.53. The number of aromatic nitrogens is 2. The van der Waals surface area contributed by atoms with Gasteiger partial charge < -0.3 is 10.0 Å². The molecule has 1 N–H and O–H groups in total. The molecule has 0 aliphatic carbocycles. The minimum Gasteiger partial charge on any atom is -0.392 e. The monoisotopic (exact) mass is 449 g/mol. The van der Waals surface area contributed by atoms with Crippen LogP contribution in [0.1, 0.15) is 41.7 Å². The van der Waals surface area contributed by atoms with E-state index < -0.39 is 12.6 Å². The highest BCUT2D eigenvalue weighted by Crippen LogP contribution is 2.35. The van der Waals surface area contributed by atoms with Crippen molar-refractivity contribution in [1.82, 2.24) is 9.97 Å². The Labute approximate surface area is 183 Å². The number of aliphatic hydroxyl groups excluding tert-OH is 1. The van der Waals surface area contributed by atoms with Crippen LogP contribution in [0.3, 0.4) is 0 Å². The van der Waals surface area contributed by atoms with E-state index in [-0.39, 0.29) is 11.5 Å². The first kappa shape index (κ1) is 22.0. The highest BCUT2D eigenvalue weighted by molar-refractivity contribution is 7.18. The van der Waals surface area contributed by atoms with E-state index in [2.05, 4.69) is 20.9 Å². The molecule has 1 aliphatic rings. The number of nitrogens with zero attached hydrogens (tertiary/aromatic N) is 3. The molecule has 3 aromatic rings. The predicted molar refractivity (Wildman–Crippen MR) is 117 cm³/mol. The van der Waals surface area contributed by atoms with Crippen molar-refractivity contribution in [3.05, 3.63) is 52.7 Å². The number of fused-ring (bicyclic) bond motifs is 1. The summed E-state index contributed by atoms with van der Waals surface area (Å²) in [7, 11) is 0. The Bertz CT molecular complexity index is 1020. The van der Waals surface area contributed by atoms with E-state index in [0.717, 1.165) is 73.3 Å². The fraction of sp³-hybridized carbons (Fsp3) is 0.478. The van der Waals surface area contributed by atoms with E-state index in [1.807, 2.05) is 18.2 Å². The van der Waals surface area contributed by atoms with Crippen molar-refractivity contribution >= 4 is 27.4 Å². The number of hydrogen-bond acceptors (Lipinski definition) is 5. The van der Waals surface area contributed by atoms with Gasteiger partial charge >= 0.3 is 6.18 Å². The zero-order chi connectivity index (χ0) is 21.8. The number of halogens is 3. The van der Waals surface area contributed by atoms with Crippen molar-refractivity contribution in [2.24, 2.45) is 5.92 Å². The van der Waals surface area contributed by atoms with Gasteiger partial charge in [-0.1, -0.05) is 24.3 Å². The van der Waals surface area contributed by atoms with Crippen LogP contribution in [-0.4, -0.2) is 34.3 Å². The molecular formula is C23H26F3N3OS. The van der Waals surface area contributed by atoms with Crippen LogP contribution in [0.2, 0.25) is 0 Å². The molecule has 0 spiro atoms. The average Bonchev–Trinajstić information content (AvgIpc) is 2.99. The molecule has 0 saturated carbocycles. The summed E-state index contributed by atoms with van der Waals surface area (Å²) in [5, 5.41) is 10.3. The molecule has 0 radical (unpaired) electrons. The zero-order valence-corrected chi connectivity index (χ0v) is 18.1. The second-order valence-corrected chi connectivity index (χ2v) is 9.29. The van der Waals surface area contributed by atoms with Gasteiger partial charge in [-0.15, -0.1) is 11.3 Å². The van der Waals surface area contributed by atoms with E-state index in [9.17, 15) is 18.3 Å². The van der Waals surface area contributed by atoms with Gasteiger partial charge in [0.05, 0.1) is 18.4 Å². The van der Waals surface area contributed by atoms with Gasteiger partial charge in [0, 0.05) is 18.0 Å². The van der Waals surface area contributed by atoms with Crippen LogP contribution in [0.15, 0.2) is 36.7 Å². The molecule has 1 aromatic carbocycles. The van der Waals surface area contributed by atoms with Gasteiger partial charge in [-0.05, 0) is 55.2 Å². The van der Waals surface area contributed by atoms with Crippen molar-refractivity contribution in [2.45, 2.75) is 51.3 Å². The molecule has 3 heterocycles. The van der Waals surface area contributed by atoms with Gasteiger partial charge in [0.15, 0.2) is 0 Å². The molecule has 1 fully saturated rings. The van der Waals surface area contributed by atoms with Gasteiger partial charge in [-0.3, -0.25) is 0 Å². The van der Waals surface area contributed by atoms with Gasteiger partial charge in [0.2, 0.25) is 0 Å². The van der Waals surface area contributed by atoms with Crippen LogP contribution >= 0.6 is 11.3 Å². The fourth-order valence-electron chi connectivity index (χ4n) is 4.41. The van der Waals surface area contributed by atoms with Crippen LogP contribution in [-0.2, 0) is 19.4 Å². The maximum Gasteiger partial charge on any atom is 0.393 e. The van der Waals surface area contributed by atoms with Crippen LogP contribution in [0.5, 0.6) is 0 Å². The number of thiophene rings is 1. The number of hydrogen-bond donors (Lipinski definition) is 1. The Morgan fingerprint density at radius 3 is 2.68 bits per heavy atom. The Balaban J connectivity index is 1.43. The second-order valence-electron chi connectivity index (χ2n) is 8.17. The molecule has 1 unspecified atom stereocenters. The summed E-state index contributed by atoms with van der Waals surface area (Å²) in [4.78, 5) is 11.7. The standard InChI is InChI=1S/C23H26F3N3OS/c24-23(25,26)13-19-12-20-21(27-15-28-22(20)31-19)29-10-3-4-16(9-11-29)7-8-17-5-1-2-6-18(17)14-30/h1-2,5-6,12,15-16,30H,3-4,7-11,13-14H2. The summed E-state index contributed by atoms with van der Waals surface area (Å²) in [6, 6.07) is 9.62. The van der Waals surface area contributed by atoms with Crippen LogP contribution in [0, 0.1) is 5.92 Å². The van der Waals surface area contributed by atoms with Gasteiger partial charge in [0.25, 0.3) is 0 Å². The number of aryl methyl sites for hydroxylation is 1. The Morgan fingerprint density at radius 2 is 1.90 bits per heavy atom. The average molecular weight is 450 g/mol. The van der Waals surface area contributed by atoms with Crippen LogP contribution < -0.4 is 4.90 Å². The van der Waals surface area contributed by atoms with E-state index in [1.54, 1.807) is 6.07 Å². The normalized spacial score (nSPS) is 17.8. The Morgan fingerprint density at radius 1 is 1.10 bits per heavy atom. The van der Waals surface area contributed by atoms with Crippen molar-refractivity contribution in [3.8, 4) is 0 Å². The third kappa shape index (κ3) is 5.54. The number of rotatable bonds is 6. The van der Waals surface area contributed by atoms with Crippen molar-refractivity contribution < 1.29 is 18.3 Å². The maximum absolute atomic E-state index is 12.8. The van der Waals surface area contributed by atoms with E-state index in [0.29, 0.717) is 10.7 Å². The molecule has 31 heavy (non-hydrogen) atoms. The summed E-state index contributed by atoms with van der Waals surface area (Å²) in [5.41, 5.74) is 2.20. The summed E-state index contributed by atoms with van der Waals surface area (Å²) in [6.45, 7) is 1.75. The Hall–Kier alpha value is -2.19. The third-order valence-corrected chi connectivity index (χ3v) is 7.03. The smallest absolute Gasteiger partial charge is 0.392 e. The van der Waals surface area contributed by atoms with Crippen LogP contribution in [0.4, 0.5) is 19.0 Å². The molecule has 8 heteroatoms. The SMILES string of the molecule is OCc1ccccc1CCC1CCCN(c2ncnc3sc(CC(F)(F)F)cc23)CC1. The summed E-state index contributed by atoms with van der Waals surface area (Å²) in [5.74, 6) is 1.33. The molecular weight excluding hydrogens is 423 g/mol. The fourth-order valence-corrected chi connectivity index (χ4v) is 5.43. The molecule has 1 aliphatic heterocycles. The minimum absolute atomic E-state index is 0.0648. The van der Waals surface area contributed by atoms with Gasteiger partial charge in [-0.2, -0.15) is 13.2 Å². The van der Waals surface area contributed by atoms with Crippen molar-refractivity contribution in [1.29, 1.82) is 0 Å². The lowest BCUT2D eigenvalue weighted by molar-refractivity contribution is -0.126. The minimum atomic E-state index is -4.22. The molecule has 2 aromatic heterocycles. The first-order chi connectivity index (χ1) is 14.9. The highest BCUT2D eigenvalue weighted by Gasteiger charge is 2.29. The van der Waals surface area contributed by atoms with E-state index >= 15 is 0 Å². The highest BCUT2D eigenvalue weighted by atomic mass is 32.1. The molecule has 4 nitrogen and oxygen atoms in total. The zero-order valence-electron chi connectivity index (χ0n) is 17.2. The number of alkyl halides is 3. The summed E-state index contributed by atoms with van der Waals surface area (Å²) >= 11 is 1.10. The molecule has 166 valence electrons. The van der Waals surface area contributed by atoms with E-state index in [1.165, 1.54) is 11.9 Å². The quantitative estimate of drug-likeness (QED) is 0.538. The Kier molecular flexibility index (Phi) is 6.77. The lowest BCUT2D eigenvalue weighted by atomic mass is 9.92. The molecule has 1 saturated heterocycles. The lowest BCUT2D eigenvalue weighted by Gasteiger charge is -2.22. The van der Waals surface area contributed by atoms with Crippen molar-refractivity contribution in [2.75, 3.05) is 18.0 Å². The maximum atomic E-state index is 12.8. The number of aliphatic hydroxyl groups is 1. The topological polar surface area (TPSA) is 49.2 Å². The molecule has 1 atom stereocenters. The molecule has 4 rings (SSSR count). The largest absolute Gasteiger partial charge is 0.393 e. The first-order valence-electron chi connectivity index (χ1n) is 10.7.